The second-order valence-electron chi connectivity index (χ2n) is 6.13. The second kappa shape index (κ2) is 6.00. The zero-order valence-electron chi connectivity index (χ0n) is 13.2. The molecule has 0 radical (unpaired) electrons. The summed E-state index contributed by atoms with van der Waals surface area (Å²) in [5.41, 5.74) is 2.12. The van der Waals surface area contributed by atoms with E-state index in [-0.39, 0.29) is 17.9 Å². The van der Waals surface area contributed by atoms with Gasteiger partial charge in [0, 0.05) is 6.54 Å². The number of ether oxygens (including phenoxy) is 1. The third-order valence-corrected chi connectivity index (χ3v) is 4.54. The molecule has 1 unspecified atom stereocenters. The average Bonchev–Trinajstić information content (AvgIpc) is 3.08. The van der Waals surface area contributed by atoms with Crippen molar-refractivity contribution in [1.29, 1.82) is 0 Å². The first-order valence-corrected chi connectivity index (χ1v) is 8.15. The summed E-state index contributed by atoms with van der Waals surface area (Å²) in [7, 11) is 0. The Balaban J connectivity index is 1.59. The molecule has 0 bridgehead atoms. The highest BCUT2D eigenvalue weighted by atomic mass is 16.5. The van der Waals surface area contributed by atoms with Gasteiger partial charge in [-0.3, -0.25) is 9.59 Å². The summed E-state index contributed by atoms with van der Waals surface area (Å²) in [5.74, 6) is 0.423. The van der Waals surface area contributed by atoms with Gasteiger partial charge in [-0.25, -0.2) is 0 Å². The van der Waals surface area contributed by atoms with Gasteiger partial charge in [-0.15, -0.1) is 0 Å². The normalized spacial score (nSPS) is 19.3. The summed E-state index contributed by atoms with van der Waals surface area (Å²) < 4.78 is 5.80. The fraction of sp³-hybridized carbons (Fsp3) is 0.263. The molecule has 1 N–H and O–H groups in total. The smallest absolute Gasteiger partial charge is 0.256 e. The number of nitrogens with one attached hydrogen (secondary N) is 1. The van der Waals surface area contributed by atoms with E-state index in [0.29, 0.717) is 30.2 Å². The zero-order valence-corrected chi connectivity index (χ0v) is 13.2. The Morgan fingerprint density at radius 2 is 1.96 bits per heavy atom. The standard InChI is InChI=1S/C19H18N2O3/c22-18-17-7-4-10-21(17)19(23)15-11-14(8-9-16(15)20-18)24-12-13-5-2-1-3-6-13/h1-3,5-6,8-9,11,17H,4,7,10,12H2,(H,20,22). The molecule has 122 valence electrons. The van der Waals surface area contributed by atoms with Crippen LogP contribution in [0.25, 0.3) is 0 Å². The molecule has 0 aromatic heterocycles. The Kier molecular flexibility index (Phi) is 3.69. The van der Waals surface area contributed by atoms with E-state index in [4.69, 9.17) is 4.74 Å². The van der Waals surface area contributed by atoms with Gasteiger partial charge in [-0.2, -0.15) is 0 Å². The van der Waals surface area contributed by atoms with Crippen LogP contribution in [-0.4, -0.2) is 29.3 Å². The van der Waals surface area contributed by atoms with Crippen LogP contribution in [0.15, 0.2) is 48.5 Å². The molecular weight excluding hydrogens is 304 g/mol. The molecule has 0 spiro atoms. The Bertz CT molecular complexity index is 788. The van der Waals surface area contributed by atoms with Gasteiger partial charge in [0.05, 0.1) is 11.3 Å². The molecule has 24 heavy (non-hydrogen) atoms. The monoisotopic (exact) mass is 322 g/mol. The van der Waals surface area contributed by atoms with E-state index in [2.05, 4.69) is 5.32 Å². The maximum absolute atomic E-state index is 12.8. The number of anilines is 1. The van der Waals surface area contributed by atoms with Crippen LogP contribution in [0.3, 0.4) is 0 Å². The van der Waals surface area contributed by atoms with Gasteiger partial charge < -0.3 is 15.0 Å². The van der Waals surface area contributed by atoms with Crippen molar-refractivity contribution in [3.05, 3.63) is 59.7 Å². The molecule has 1 fully saturated rings. The lowest BCUT2D eigenvalue weighted by molar-refractivity contribution is -0.119. The SMILES string of the molecule is O=C1Nc2ccc(OCc3ccccc3)cc2C(=O)N2CCCC12. The molecule has 1 saturated heterocycles. The Labute approximate surface area is 140 Å². The van der Waals surface area contributed by atoms with Crippen molar-refractivity contribution in [2.24, 2.45) is 0 Å². The van der Waals surface area contributed by atoms with Crippen molar-refractivity contribution < 1.29 is 14.3 Å². The van der Waals surface area contributed by atoms with Gasteiger partial charge in [-0.1, -0.05) is 30.3 Å². The largest absolute Gasteiger partial charge is 0.489 e. The lowest BCUT2D eigenvalue weighted by atomic mass is 10.1. The summed E-state index contributed by atoms with van der Waals surface area (Å²) in [4.78, 5) is 26.7. The van der Waals surface area contributed by atoms with Crippen LogP contribution in [0.1, 0.15) is 28.8 Å². The number of amides is 2. The highest BCUT2D eigenvalue weighted by molar-refractivity contribution is 6.10. The van der Waals surface area contributed by atoms with Gasteiger partial charge in [0.2, 0.25) is 5.91 Å². The summed E-state index contributed by atoms with van der Waals surface area (Å²) in [6.45, 7) is 1.07. The summed E-state index contributed by atoms with van der Waals surface area (Å²) in [6, 6.07) is 14.8. The summed E-state index contributed by atoms with van der Waals surface area (Å²) >= 11 is 0. The number of fused-ring (bicyclic) bond motifs is 2. The van der Waals surface area contributed by atoms with Crippen molar-refractivity contribution in [2.75, 3.05) is 11.9 Å². The number of carbonyl (C=O) groups is 2. The van der Waals surface area contributed by atoms with Crippen LogP contribution in [0.2, 0.25) is 0 Å². The molecule has 2 aromatic rings. The molecule has 0 saturated carbocycles. The van der Waals surface area contributed by atoms with Crippen LogP contribution < -0.4 is 10.1 Å². The van der Waals surface area contributed by atoms with Gasteiger partial charge in [0.25, 0.3) is 5.91 Å². The van der Waals surface area contributed by atoms with Crippen molar-refractivity contribution >= 4 is 17.5 Å². The third-order valence-electron chi connectivity index (χ3n) is 4.54. The molecular formula is C19H18N2O3. The average molecular weight is 322 g/mol. The van der Waals surface area contributed by atoms with E-state index in [9.17, 15) is 9.59 Å². The van der Waals surface area contributed by atoms with Gasteiger partial charge in [-0.05, 0) is 36.6 Å². The minimum absolute atomic E-state index is 0.0995. The fourth-order valence-electron chi connectivity index (χ4n) is 3.29. The fourth-order valence-corrected chi connectivity index (χ4v) is 3.29. The number of rotatable bonds is 3. The van der Waals surface area contributed by atoms with E-state index in [1.165, 1.54) is 0 Å². The first-order chi connectivity index (χ1) is 11.7. The maximum Gasteiger partial charge on any atom is 0.256 e. The number of benzene rings is 2. The first kappa shape index (κ1) is 14.8. The molecule has 2 aliphatic heterocycles. The number of carbonyl (C=O) groups excluding carboxylic acids is 2. The molecule has 2 amide bonds. The van der Waals surface area contributed by atoms with Gasteiger partial charge in [0.1, 0.15) is 18.4 Å². The van der Waals surface area contributed by atoms with Crippen LogP contribution in [0, 0.1) is 0 Å². The van der Waals surface area contributed by atoms with E-state index in [0.717, 1.165) is 18.4 Å². The van der Waals surface area contributed by atoms with E-state index < -0.39 is 0 Å². The van der Waals surface area contributed by atoms with Crippen LogP contribution in [-0.2, 0) is 11.4 Å². The quantitative estimate of drug-likeness (QED) is 0.945. The third kappa shape index (κ3) is 2.62. The van der Waals surface area contributed by atoms with Crippen molar-refractivity contribution in [3.8, 4) is 5.75 Å². The Hall–Kier alpha value is -2.82. The predicted molar refractivity (Wildman–Crippen MR) is 89.9 cm³/mol. The lowest BCUT2D eigenvalue weighted by Crippen LogP contribution is -2.40. The second-order valence-corrected chi connectivity index (χ2v) is 6.13. The molecule has 1 atom stereocenters. The molecule has 5 nitrogen and oxygen atoms in total. The molecule has 5 heteroatoms. The first-order valence-electron chi connectivity index (χ1n) is 8.15. The summed E-state index contributed by atoms with van der Waals surface area (Å²) in [6.07, 6.45) is 1.59. The Morgan fingerprint density at radius 1 is 1.12 bits per heavy atom. The number of hydrogen-bond donors (Lipinski definition) is 1. The van der Waals surface area contributed by atoms with Gasteiger partial charge in [0.15, 0.2) is 0 Å². The molecule has 2 heterocycles. The van der Waals surface area contributed by atoms with Crippen molar-refractivity contribution in [3.63, 3.8) is 0 Å². The highest BCUT2D eigenvalue weighted by Gasteiger charge is 2.38. The lowest BCUT2D eigenvalue weighted by Gasteiger charge is -2.20. The number of hydrogen-bond acceptors (Lipinski definition) is 3. The topological polar surface area (TPSA) is 58.6 Å². The molecule has 4 rings (SSSR count). The van der Waals surface area contributed by atoms with Crippen LogP contribution >= 0.6 is 0 Å². The van der Waals surface area contributed by atoms with Crippen molar-refractivity contribution in [1.82, 2.24) is 4.90 Å². The van der Waals surface area contributed by atoms with Crippen LogP contribution in [0.4, 0.5) is 5.69 Å². The van der Waals surface area contributed by atoms with Crippen molar-refractivity contribution in [2.45, 2.75) is 25.5 Å². The predicted octanol–water partition coefficient (Wildman–Crippen LogP) is 2.82. The zero-order chi connectivity index (χ0) is 16.5. The van der Waals surface area contributed by atoms with Gasteiger partial charge >= 0.3 is 0 Å². The van der Waals surface area contributed by atoms with E-state index >= 15 is 0 Å². The van der Waals surface area contributed by atoms with Crippen LogP contribution in [0.5, 0.6) is 5.75 Å². The molecule has 2 aromatic carbocycles. The minimum atomic E-state index is -0.349. The minimum Gasteiger partial charge on any atom is -0.489 e. The summed E-state index contributed by atoms with van der Waals surface area (Å²) in [5, 5.41) is 2.87. The Morgan fingerprint density at radius 3 is 2.79 bits per heavy atom. The highest BCUT2D eigenvalue weighted by Crippen LogP contribution is 2.31. The van der Waals surface area contributed by atoms with E-state index in [1.54, 1.807) is 23.1 Å². The number of nitrogens with zero attached hydrogens (tertiary/aromatic N) is 1. The molecule has 2 aliphatic rings. The van der Waals surface area contributed by atoms with E-state index in [1.807, 2.05) is 30.3 Å². The molecule has 0 aliphatic carbocycles. The maximum atomic E-state index is 12.8.